The van der Waals surface area contributed by atoms with Crippen molar-refractivity contribution in [3.05, 3.63) is 35.3 Å². The van der Waals surface area contributed by atoms with Crippen molar-refractivity contribution in [2.45, 2.75) is 13.8 Å². The molecule has 1 aromatic carbocycles. The van der Waals surface area contributed by atoms with Crippen LogP contribution in [0, 0.1) is 25.2 Å². The minimum absolute atomic E-state index is 0.568. The molecule has 0 aliphatic rings. The zero-order chi connectivity index (χ0) is 13.3. The molecule has 0 amide bonds. The molecule has 1 heterocycles. The first-order chi connectivity index (χ1) is 8.58. The van der Waals surface area contributed by atoms with Gasteiger partial charge in [0.25, 0.3) is 0 Å². The molecular formula is C14H15N3O. The van der Waals surface area contributed by atoms with Crippen LogP contribution in [-0.4, -0.2) is 16.7 Å². The number of benzene rings is 1. The van der Waals surface area contributed by atoms with E-state index in [2.05, 4.69) is 11.1 Å². The number of aromatic nitrogens is 2. The second-order valence-electron chi connectivity index (χ2n) is 4.31. The Morgan fingerprint density at radius 2 is 1.89 bits per heavy atom. The zero-order valence-electron chi connectivity index (χ0n) is 11.0. The molecule has 0 radical (unpaired) electrons. The normalized spacial score (nSPS) is 10.2. The molecule has 2 rings (SSSR count). The van der Waals surface area contributed by atoms with Gasteiger partial charge < -0.3 is 9.30 Å². The maximum absolute atomic E-state index is 9.15. The Morgan fingerprint density at radius 3 is 2.39 bits per heavy atom. The molecule has 1 aromatic heterocycles. The molecule has 0 bridgehead atoms. The molecule has 4 heteroatoms. The minimum atomic E-state index is 0.568. The lowest BCUT2D eigenvalue weighted by Gasteiger charge is -2.10. The van der Waals surface area contributed by atoms with Crippen molar-refractivity contribution in [3.63, 3.8) is 0 Å². The molecule has 0 unspecified atom stereocenters. The number of aryl methyl sites for hydroxylation is 3. The summed E-state index contributed by atoms with van der Waals surface area (Å²) < 4.78 is 7.06. The van der Waals surface area contributed by atoms with Crippen LogP contribution < -0.4 is 4.74 Å². The van der Waals surface area contributed by atoms with Crippen LogP contribution in [0.1, 0.15) is 16.8 Å². The Balaban J connectivity index is 2.63. The highest BCUT2D eigenvalue weighted by Gasteiger charge is 2.13. The predicted molar refractivity (Wildman–Crippen MR) is 69.4 cm³/mol. The summed E-state index contributed by atoms with van der Waals surface area (Å²) in [5, 5.41) is 9.15. The summed E-state index contributed by atoms with van der Waals surface area (Å²) in [6.45, 7) is 3.98. The van der Waals surface area contributed by atoms with Crippen molar-refractivity contribution in [2.75, 3.05) is 7.11 Å². The van der Waals surface area contributed by atoms with Gasteiger partial charge in [0.15, 0.2) is 0 Å². The van der Waals surface area contributed by atoms with Crippen LogP contribution in [0.2, 0.25) is 0 Å². The van der Waals surface area contributed by atoms with E-state index in [1.165, 1.54) is 0 Å². The molecule has 0 aliphatic carbocycles. The molecule has 0 aliphatic heterocycles. The van der Waals surface area contributed by atoms with E-state index in [0.717, 1.165) is 22.4 Å². The first kappa shape index (κ1) is 12.2. The van der Waals surface area contributed by atoms with Gasteiger partial charge >= 0.3 is 0 Å². The molecule has 2 aromatic rings. The lowest BCUT2D eigenvalue weighted by molar-refractivity contribution is 0.408. The third kappa shape index (κ3) is 1.84. The summed E-state index contributed by atoms with van der Waals surface area (Å²) in [4.78, 5) is 4.29. The van der Waals surface area contributed by atoms with Crippen molar-refractivity contribution in [1.29, 1.82) is 5.26 Å². The van der Waals surface area contributed by atoms with Crippen molar-refractivity contribution >= 4 is 0 Å². The number of rotatable bonds is 2. The fourth-order valence-electron chi connectivity index (χ4n) is 2.18. The van der Waals surface area contributed by atoms with Crippen LogP contribution in [0.3, 0.4) is 0 Å². The molecule has 0 fully saturated rings. The summed E-state index contributed by atoms with van der Waals surface area (Å²) in [5.41, 5.74) is 4.32. The highest BCUT2D eigenvalue weighted by Crippen LogP contribution is 2.30. The molecule has 92 valence electrons. The van der Waals surface area contributed by atoms with Gasteiger partial charge in [0.1, 0.15) is 23.2 Å². The number of nitriles is 1. The van der Waals surface area contributed by atoms with Gasteiger partial charge in [-0.1, -0.05) is 0 Å². The maximum Gasteiger partial charge on any atom is 0.147 e. The molecule has 18 heavy (non-hydrogen) atoms. The summed E-state index contributed by atoms with van der Waals surface area (Å²) in [6.07, 6.45) is 1.66. The highest BCUT2D eigenvalue weighted by atomic mass is 16.5. The first-order valence-electron chi connectivity index (χ1n) is 5.65. The average Bonchev–Trinajstić information content (AvgIpc) is 2.69. The van der Waals surface area contributed by atoms with E-state index in [4.69, 9.17) is 10.00 Å². The molecular weight excluding hydrogens is 226 g/mol. The van der Waals surface area contributed by atoms with E-state index in [9.17, 15) is 0 Å². The largest absolute Gasteiger partial charge is 0.496 e. The fraction of sp³-hybridized carbons (Fsp3) is 0.286. The topological polar surface area (TPSA) is 50.8 Å². The van der Waals surface area contributed by atoms with E-state index in [1.54, 1.807) is 18.0 Å². The number of methoxy groups -OCH3 is 1. The number of hydrogen-bond acceptors (Lipinski definition) is 3. The molecule has 0 N–H and O–H groups in total. The van der Waals surface area contributed by atoms with Crippen LogP contribution in [-0.2, 0) is 7.05 Å². The van der Waals surface area contributed by atoms with Crippen molar-refractivity contribution in [3.8, 4) is 23.1 Å². The SMILES string of the molecule is COc1c(C)cc(-c2ncn(C)c2C#N)cc1C. The summed E-state index contributed by atoms with van der Waals surface area (Å²) in [6, 6.07) is 6.17. The predicted octanol–water partition coefficient (Wildman–Crippen LogP) is 2.58. The van der Waals surface area contributed by atoms with Gasteiger partial charge in [0.2, 0.25) is 0 Å². The van der Waals surface area contributed by atoms with Gasteiger partial charge in [-0.3, -0.25) is 0 Å². The summed E-state index contributed by atoms with van der Waals surface area (Å²) in [5.74, 6) is 0.883. The van der Waals surface area contributed by atoms with E-state index in [0.29, 0.717) is 11.4 Å². The Hall–Kier alpha value is -2.28. The monoisotopic (exact) mass is 241 g/mol. The van der Waals surface area contributed by atoms with Gasteiger partial charge in [-0.05, 0) is 37.1 Å². The molecule has 0 saturated heterocycles. The second-order valence-corrected chi connectivity index (χ2v) is 4.31. The highest BCUT2D eigenvalue weighted by molar-refractivity contribution is 5.68. The average molecular weight is 241 g/mol. The Labute approximate surface area is 106 Å². The molecule has 0 spiro atoms. The number of ether oxygens (including phenoxy) is 1. The fourth-order valence-corrected chi connectivity index (χ4v) is 2.18. The summed E-state index contributed by atoms with van der Waals surface area (Å²) in [7, 11) is 3.48. The van der Waals surface area contributed by atoms with Crippen LogP contribution >= 0.6 is 0 Å². The second kappa shape index (κ2) is 4.53. The number of hydrogen-bond donors (Lipinski definition) is 0. The molecule has 0 atom stereocenters. The Morgan fingerprint density at radius 1 is 1.28 bits per heavy atom. The van der Waals surface area contributed by atoms with Crippen LogP contribution in [0.15, 0.2) is 18.5 Å². The van der Waals surface area contributed by atoms with Crippen molar-refractivity contribution in [2.24, 2.45) is 7.05 Å². The molecule has 0 saturated carbocycles. The number of imidazole rings is 1. The minimum Gasteiger partial charge on any atom is -0.496 e. The van der Waals surface area contributed by atoms with E-state index in [-0.39, 0.29) is 0 Å². The van der Waals surface area contributed by atoms with Crippen LogP contribution in [0.5, 0.6) is 5.75 Å². The smallest absolute Gasteiger partial charge is 0.147 e. The quantitative estimate of drug-likeness (QED) is 0.812. The van der Waals surface area contributed by atoms with Crippen molar-refractivity contribution < 1.29 is 4.74 Å². The Bertz CT molecular complexity index is 612. The van der Waals surface area contributed by atoms with Gasteiger partial charge in [-0.25, -0.2) is 4.98 Å². The molecule has 4 nitrogen and oxygen atoms in total. The van der Waals surface area contributed by atoms with E-state index >= 15 is 0 Å². The first-order valence-corrected chi connectivity index (χ1v) is 5.65. The third-order valence-corrected chi connectivity index (χ3v) is 2.98. The summed E-state index contributed by atoms with van der Waals surface area (Å²) >= 11 is 0. The standard InChI is InChI=1S/C14H15N3O/c1-9-5-11(6-10(2)14(9)18-4)13-12(7-15)17(3)8-16-13/h5-6,8H,1-4H3. The lowest BCUT2D eigenvalue weighted by Crippen LogP contribution is -1.94. The van der Waals surface area contributed by atoms with Crippen molar-refractivity contribution in [1.82, 2.24) is 9.55 Å². The lowest BCUT2D eigenvalue weighted by atomic mass is 10.0. The zero-order valence-corrected chi connectivity index (χ0v) is 11.0. The maximum atomic E-state index is 9.15. The van der Waals surface area contributed by atoms with Gasteiger partial charge in [-0.15, -0.1) is 0 Å². The van der Waals surface area contributed by atoms with Gasteiger partial charge in [-0.2, -0.15) is 5.26 Å². The third-order valence-electron chi connectivity index (χ3n) is 2.98. The van der Waals surface area contributed by atoms with Crippen LogP contribution in [0.25, 0.3) is 11.3 Å². The van der Waals surface area contributed by atoms with Crippen LogP contribution in [0.4, 0.5) is 0 Å². The van der Waals surface area contributed by atoms with E-state index in [1.807, 2.05) is 33.0 Å². The number of nitrogens with zero attached hydrogens (tertiary/aromatic N) is 3. The van der Waals surface area contributed by atoms with E-state index < -0.39 is 0 Å². The Kier molecular flexibility index (Phi) is 3.07. The van der Waals surface area contributed by atoms with Gasteiger partial charge in [0, 0.05) is 12.6 Å². The van der Waals surface area contributed by atoms with Gasteiger partial charge in [0.05, 0.1) is 13.4 Å².